The van der Waals surface area contributed by atoms with E-state index in [0.29, 0.717) is 24.1 Å². The third kappa shape index (κ3) is 3.40. The van der Waals surface area contributed by atoms with Crippen LogP contribution < -0.4 is 10.6 Å². The molecule has 5 heteroatoms. The Morgan fingerprint density at radius 3 is 2.70 bits per heavy atom. The summed E-state index contributed by atoms with van der Waals surface area (Å²) < 4.78 is 5.91. The smallest absolute Gasteiger partial charge is 0.191 e. The summed E-state index contributed by atoms with van der Waals surface area (Å²) in [5.74, 6) is 3.38. The van der Waals surface area contributed by atoms with Gasteiger partial charge in [-0.15, -0.1) is 30.4 Å². The molecule has 2 atom stereocenters. The van der Waals surface area contributed by atoms with Gasteiger partial charge in [0.2, 0.25) is 0 Å². The molecule has 2 aliphatic rings. The van der Waals surface area contributed by atoms with Crippen LogP contribution >= 0.6 is 24.0 Å². The Balaban J connectivity index is 0.00000200. The fraction of sp³-hybridized carbons (Fsp3) is 0.800. The average Bonchev–Trinajstić information content (AvgIpc) is 2.93. The van der Waals surface area contributed by atoms with Gasteiger partial charge in [0, 0.05) is 25.1 Å². The van der Waals surface area contributed by atoms with E-state index in [1.807, 2.05) is 0 Å². The van der Waals surface area contributed by atoms with Crippen molar-refractivity contribution in [2.24, 2.45) is 10.4 Å². The van der Waals surface area contributed by atoms with Gasteiger partial charge >= 0.3 is 0 Å². The van der Waals surface area contributed by atoms with Crippen LogP contribution in [0.15, 0.2) is 4.99 Å². The summed E-state index contributed by atoms with van der Waals surface area (Å²) in [7, 11) is 1.78. The van der Waals surface area contributed by atoms with Crippen molar-refractivity contribution in [2.45, 2.75) is 51.2 Å². The van der Waals surface area contributed by atoms with Gasteiger partial charge in [0.15, 0.2) is 5.96 Å². The quantitative estimate of drug-likeness (QED) is 0.334. The fourth-order valence-electron chi connectivity index (χ4n) is 3.58. The lowest BCUT2D eigenvalue weighted by molar-refractivity contribution is -0.125. The maximum atomic E-state index is 5.91. The molecule has 0 aromatic carbocycles. The fourth-order valence-corrected chi connectivity index (χ4v) is 3.58. The minimum Gasteiger partial charge on any atom is -0.378 e. The van der Waals surface area contributed by atoms with Gasteiger partial charge in [0.05, 0.1) is 12.6 Å². The summed E-state index contributed by atoms with van der Waals surface area (Å²) in [6.07, 6.45) is 11.9. The third-order valence-electron chi connectivity index (χ3n) is 4.58. The molecule has 2 saturated carbocycles. The molecule has 114 valence electrons. The van der Waals surface area contributed by atoms with Crippen LogP contribution in [0.3, 0.4) is 0 Å². The molecule has 0 saturated heterocycles. The van der Waals surface area contributed by atoms with Gasteiger partial charge < -0.3 is 15.4 Å². The maximum absolute atomic E-state index is 5.91. The van der Waals surface area contributed by atoms with E-state index in [4.69, 9.17) is 11.2 Å². The Morgan fingerprint density at radius 2 is 2.15 bits per heavy atom. The summed E-state index contributed by atoms with van der Waals surface area (Å²) >= 11 is 0. The van der Waals surface area contributed by atoms with Gasteiger partial charge in [-0.05, 0) is 26.2 Å². The minimum absolute atomic E-state index is 0. The number of hydrogen-bond donors (Lipinski definition) is 2. The summed E-state index contributed by atoms with van der Waals surface area (Å²) in [6.45, 7) is 3.40. The number of halogens is 1. The zero-order valence-corrected chi connectivity index (χ0v) is 14.8. The Bertz CT molecular complexity index is 372. The zero-order chi connectivity index (χ0) is 13.7. The Labute approximate surface area is 139 Å². The Kier molecular flexibility index (Phi) is 7.10. The monoisotopic (exact) mass is 391 g/mol. The molecule has 0 bridgehead atoms. The second-order valence-corrected chi connectivity index (χ2v) is 5.45. The van der Waals surface area contributed by atoms with Crippen LogP contribution in [0.2, 0.25) is 0 Å². The number of hydrogen-bond acceptors (Lipinski definition) is 2. The molecule has 0 heterocycles. The van der Waals surface area contributed by atoms with Crippen LogP contribution in [0.25, 0.3) is 0 Å². The van der Waals surface area contributed by atoms with Crippen LogP contribution in [-0.2, 0) is 4.74 Å². The van der Waals surface area contributed by atoms with E-state index >= 15 is 0 Å². The van der Waals surface area contributed by atoms with Gasteiger partial charge in [-0.1, -0.05) is 18.8 Å². The largest absolute Gasteiger partial charge is 0.378 e. The zero-order valence-electron chi connectivity index (χ0n) is 12.4. The van der Waals surface area contributed by atoms with Crippen molar-refractivity contribution in [2.75, 3.05) is 20.2 Å². The molecule has 0 radical (unpaired) electrons. The number of terminal acetylenes is 1. The van der Waals surface area contributed by atoms with Gasteiger partial charge in [-0.2, -0.15) is 0 Å². The van der Waals surface area contributed by atoms with Crippen molar-refractivity contribution >= 4 is 29.9 Å². The van der Waals surface area contributed by atoms with Gasteiger partial charge in [0.1, 0.15) is 0 Å². The third-order valence-corrected chi connectivity index (χ3v) is 4.58. The van der Waals surface area contributed by atoms with E-state index < -0.39 is 0 Å². The van der Waals surface area contributed by atoms with E-state index in [0.717, 1.165) is 19.0 Å². The lowest BCUT2D eigenvalue weighted by Crippen LogP contribution is -2.65. The molecular formula is C15H26IN3O. The first-order valence-corrected chi connectivity index (χ1v) is 7.29. The van der Waals surface area contributed by atoms with Gasteiger partial charge in [0.25, 0.3) is 0 Å². The lowest BCUT2D eigenvalue weighted by Gasteiger charge is -2.54. The molecule has 4 nitrogen and oxygen atoms in total. The lowest BCUT2D eigenvalue weighted by atomic mass is 9.60. The topological polar surface area (TPSA) is 45.7 Å². The van der Waals surface area contributed by atoms with Gasteiger partial charge in [-0.3, -0.25) is 4.99 Å². The molecule has 0 aromatic heterocycles. The van der Waals surface area contributed by atoms with Crippen molar-refractivity contribution < 1.29 is 4.74 Å². The van der Waals surface area contributed by atoms with Crippen molar-refractivity contribution in [3.05, 3.63) is 0 Å². The molecule has 2 unspecified atom stereocenters. The van der Waals surface area contributed by atoms with Crippen LogP contribution in [0.1, 0.15) is 39.0 Å². The first kappa shape index (κ1) is 17.6. The van der Waals surface area contributed by atoms with Crippen molar-refractivity contribution in [1.82, 2.24) is 10.6 Å². The first-order chi connectivity index (χ1) is 9.26. The summed E-state index contributed by atoms with van der Waals surface area (Å²) in [5, 5.41) is 6.66. The molecule has 2 N–H and O–H groups in total. The number of guanidine groups is 1. The average molecular weight is 391 g/mol. The number of rotatable bonds is 4. The predicted molar refractivity (Wildman–Crippen MR) is 93.5 cm³/mol. The molecule has 2 rings (SSSR count). The number of ether oxygens (including phenoxy) is 1. The summed E-state index contributed by atoms with van der Waals surface area (Å²) in [4.78, 5) is 4.23. The second kappa shape index (κ2) is 8.08. The maximum Gasteiger partial charge on any atom is 0.191 e. The number of nitrogens with zero attached hydrogens (tertiary/aromatic N) is 1. The highest BCUT2D eigenvalue weighted by molar-refractivity contribution is 14.0. The van der Waals surface area contributed by atoms with Crippen molar-refractivity contribution in [1.29, 1.82) is 0 Å². The highest BCUT2D eigenvalue weighted by Crippen LogP contribution is 2.54. The Hall–Kier alpha value is -0.480. The van der Waals surface area contributed by atoms with Crippen LogP contribution in [0.4, 0.5) is 0 Å². The van der Waals surface area contributed by atoms with Crippen LogP contribution in [0, 0.1) is 17.8 Å². The highest BCUT2D eigenvalue weighted by atomic mass is 127. The van der Waals surface area contributed by atoms with E-state index in [-0.39, 0.29) is 24.0 Å². The van der Waals surface area contributed by atoms with Crippen LogP contribution in [0.5, 0.6) is 0 Å². The molecule has 20 heavy (non-hydrogen) atoms. The second-order valence-electron chi connectivity index (χ2n) is 5.45. The van der Waals surface area contributed by atoms with Crippen LogP contribution in [-0.4, -0.2) is 38.3 Å². The van der Waals surface area contributed by atoms with Crippen molar-refractivity contribution in [3.63, 3.8) is 0 Å². The Morgan fingerprint density at radius 1 is 1.45 bits per heavy atom. The SMILES string of the molecule is C#CCNC(=NC)NC1CC(OCC)C12CCCC2.I. The van der Waals surface area contributed by atoms with Gasteiger partial charge in [-0.25, -0.2) is 0 Å². The van der Waals surface area contributed by atoms with E-state index in [1.54, 1.807) is 7.05 Å². The van der Waals surface area contributed by atoms with E-state index in [2.05, 4.69) is 28.5 Å². The molecule has 0 aromatic rings. The molecule has 2 aliphatic carbocycles. The predicted octanol–water partition coefficient (Wildman–Crippen LogP) is 2.14. The molecule has 0 amide bonds. The molecule has 1 spiro atoms. The molecule has 2 fully saturated rings. The summed E-state index contributed by atoms with van der Waals surface area (Å²) in [5.41, 5.74) is 0.323. The highest BCUT2D eigenvalue weighted by Gasteiger charge is 2.56. The standard InChI is InChI=1S/C15H25N3O.HI/c1-4-10-17-14(16-3)18-12-11-13(19-5-2)15(12)8-6-7-9-15;/h1,12-13H,5-11H2,2-3H3,(H2,16,17,18);1H. The van der Waals surface area contributed by atoms with Crippen molar-refractivity contribution in [3.8, 4) is 12.3 Å². The number of nitrogens with one attached hydrogen (secondary N) is 2. The molecule has 0 aliphatic heterocycles. The molecular weight excluding hydrogens is 365 g/mol. The van der Waals surface area contributed by atoms with E-state index in [1.165, 1.54) is 25.7 Å². The number of aliphatic imine (C=N–C) groups is 1. The van der Waals surface area contributed by atoms with E-state index in [9.17, 15) is 0 Å². The normalized spacial score (nSPS) is 27.4. The minimum atomic E-state index is 0. The summed E-state index contributed by atoms with van der Waals surface area (Å²) in [6, 6.07) is 0.468. The first-order valence-electron chi connectivity index (χ1n) is 7.29.